The van der Waals surface area contributed by atoms with Crippen LogP contribution in [0, 0.1) is 10.1 Å². The summed E-state index contributed by atoms with van der Waals surface area (Å²) in [6.45, 7) is 1.92. The molecule has 0 bridgehead atoms. The highest BCUT2D eigenvalue weighted by Gasteiger charge is 2.17. The van der Waals surface area contributed by atoms with Gasteiger partial charge in [0.15, 0.2) is 0 Å². The van der Waals surface area contributed by atoms with Gasteiger partial charge < -0.3 is 4.74 Å². The van der Waals surface area contributed by atoms with Gasteiger partial charge in [0, 0.05) is 17.0 Å². The summed E-state index contributed by atoms with van der Waals surface area (Å²) in [7, 11) is 0. The van der Waals surface area contributed by atoms with Crippen molar-refractivity contribution in [3.8, 4) is 0 Å². The van der Waals surface area contributed by atoms with Gasteiger partial charge in [-0.25, -0.2) is 4.79 Å². The monoisotopic (exact) mass is 287 g/mol. The minimum absolute atomic E-state index is 0.0811. The Morgan fingerprint density at radius 2 is 2.25 bits per heavy atom. The zero-order valence-corrected chi connectivity index (χ0v) is 10.2. The van der Waals surface area contributed by atoms with E-state index in [1.807, 2.05) is 0 Å². The van der Waals surface area contributed by atoms with Gasteiger partial charge in [-0.05, 0) is 13.0 Å². The SMILES string of the molecule is CCOC(=O)c1ccc(CBr)c([N+](=O)[O-])c1. The molecule has 86 valence electrons. The summed E-state index contributed by atoms with van der Waals surface area (Å²) >= 11 is 3.15. The molecule has 0 aliphatic rings. The molecule has 0 aliphatic carbocycles. The summed E-state index contributed by atoms with van der Waals surface area (Å²) in [5.74, 6) is -0.549. The van der Waals surface area contributed by atoms with Gasteiger partial charge in [-0.15, -0.1) is 0 Å². The third-order valence-electron chi connectivity index (χ3n) is 1.94. The predicted octanol–water partition coefficient (Wildman–Crippen LogP) is 2.67. The molecule has 1 rings (SSSR count). The smallest absolute Gasteiger partial charge is 0.338 e. The molecule has 6 heteroatoms. The van der Waals surface area contributed by atoms with Gasteiger partial charge in [0.05, 0.1) is 17.1 Å². The van der Waals surface area contributed by atoms with Crippen molar-refractivity contribution in [1.82, 2.24) is 0 Å². The molecule has 0 atom stereocenters. The van der Waals surface area contributed by atoms with Crippen LogP contribution >= 0.6 is 15.9 Å². The number of carbonyl (C=O) groups is 1. The van der Waals surface area contributed by atoms with Crippen LogP contribution in [0.15, 0.2) is 18.2 Å². The molecule has 0 spiro atoms. The van der Waals surface area contributed by atoms with Gasteiger partial charge >= 0.3 is 5.97 Å². The van der Waals surface area contributed by atoms with E-state index in [1.165, 1.54) is 12.1 Å². The number of ether oxygens (including phenoxy) is 1. The van der Waals surface area contributed by atoms with Crippen molar-refractivity contribution in [3.05, 3.63) is 39.4 Å². The van der Waals surface area contributed by atoms with Crippen LogP contribution in [0.1, 0.15) is 22.8 Å². The maximum absolute atomic E-state index is 11.4. The third kappa shape index (κ3) is 2.79. The van der Waals surface area contributed by atoms with E-state index in [0.717, 1.165) is 0 Å². The van der Waals surface area contributed by atoms with E-state index < -0.39 is 10.9 Å². The molecule has 0 amide bonds. The molecule has 1 aromatic carbocycles. The molecule has 0 saturated heterocycles. The average molecular weight is 288 g/mol. The van der Waals surface area contributed by atoms with E-state index >= 15 is 0 Å². The van der Waals surface area contributed by atoms with Crippen molar-refractivity contribution in [3.63, 3.8) is 0 Å². The third-order valence-corrected chi connectivity index (χ3v) is 2.54. The molecular formula is C10H10BrNO4. The van der Waals surface area contributed by atoms with Crippen LogP contribution in [0.3, 0.4) is 0 Å². The highest BCUT2D eigenvalue weighted by Crippen LogP contribution is 2.22. The summed E-state index contributed by atoms with van der Waals surface area (Å²) in [6, 6.07) is 4.29. The number of hydrogen-bond donors (Lipinski definition) is 0. The molecule has 0 unspecified atom stereocenters. The molecule has 0 saturated carbocycles. The fourth-order valence-electron chi connectivity index (χ4n) is 1.19. The minimum atomic E-state index is -0.549. The van der Waals surface area contributed by atoms with Crippen molar-refractivity contribution in [2.45, 2.75) is 12.3 Å². The second kappa shape index (κ2) is 5.60. The molecule has 0 fully saturated rings. The van der Waals surface area contributed by atoms with Crippen molar-refractivity contribution in [2.24, 2.45) is 0 Å². The lowest BCUT2D eigenvalue weighted by Crippen LogP contribution is -2.06. The van der Waals surface area contributed by atoms with Crippen LogP contribution in [0.25, 0.3) is 0 Å². The largest absolute Gasteiger partial charge is 0.462 e. The lowest BCUT2D eigenvalue weighted by atomic mass is 10.1. The number of nitrogens with zero attached hydrogens (tertiary/aromatic N) is 1. The van der Waals surface area contributed by atoms with Crippen LogP contribution in [-0.4, -0.2) is 17.5 Å². The van der Waals surface area contributed by atoms with E-state index in [2.05, 4.69) is 15.9 Å². The number of halogens is 1. The molecule has 16 heavy (non-hydrogen) atoms. The summed E-state index contributed by atoms with van der Waals surface area (Å²) in [5, 5.41) is 11.1. The Bertz CT molecular complexity index is 419. The van der Waals surface area contributed by atoms with Crippen LogP contribution in [0.5, 0.6) is 0 Å². The number of nitro groups is 1. The number of esters is 1. The lowest BCUT2D eigenvalue weighted by Gasteiger charge is -2.03. The first kappa shape index (κ1) is 12.6. The van der Waals surface area contributed by atoms with Crippen LogP contribution in [-0.2, 0) is 10.1 Å². The fourth-order valence-corrected chi connectivity index (χ4v) is 1.66. The number of nitro benzene ring substituents is 1. The lowest BCUT2D eigenvalue weighted by molar-refractivity contribution is -0.385. The minimum Gasteiger partial charge on any atom is -0.462 e. The molecule has 0 aliphatic heterocycles. The van der Waals surface area contributed by atoms with Crippen molar-refractivity contribution >= 4 is 27.6 Å². The van der Waals surface area contributed by atoms with Crippen molar-refractivity contribution in [2.75, 3.05) is 6.61 Å². The van der Waals surface area contributed by atoms with Gasteiger partial charge in [-0.1, -0.05) is 22.0 Å². The molecule has 5 nitrogen and oxygen atoms in total. The Balaban J connectivity index is 3.11. The second-order valence-electron chi connectivity index (χ2n) is 2.95. The summed E-state index contributed by atoms with van der Waals surface area (Å²) < 4.78 is 4.76. The maximum Gasteiger partial charge on any atom is 0.338 e. The van der Waals surface area contributed by atoms with Crippen molar-refractivity contribution in [1.29, 1.82) is 0 Å². The number of rotatable bonds is 4. The quantitative estimate of drug-likeness (QED) is 0.369. The molecule has 0 N–H and O–H groups in total. The van der Waals surface area contributed by atoms with Crippen molar-refractivity contribution < 1.29 is 14.5 Å². The molecular weight excluding hydrogens is 278 g/mol. The fraction of sp³-hybridized carbons (Fsp3) is 0.300. The first-order valence-corrected chi connectivity index (χ1v) is 5.72. The van der Waals surface area contributed by atoms with E-state index in [4.69, 9.17) is 4.74 Å². The number of alkyl halides is 1. The van der Waals surface area contributed by atoms with E-state index in [0.29, 0.717) is 10.9 Å². The van der Waals surface area contributed by atoms with Gasteiger partial charge in [0.25, 0.3) is 5.69 Å². The standard InChI is InChI=1S/C10H10BrNO4/c1-2-16-10(13)7-3-4-8(6-11)9(5-7)12(14)15/h3-5H,2,6H2,1H3. The number of carbonyl (C=O) groups excluding carboxylic acids is 1. The van der Waals surface area contributed by atoms with Gasteiger partial charge in [-0.2, -0.15) is 0 Å². The number of hydrogen-bond acceptors (Lipinski definition) is 4. The van der Waals surface area contributed by atoms with E-state index in [9.17, 15) is 14.9 Å². The molecule has 1 aromatic rings. The molecule has 0 aromatic heterocycles. The summed E-state index contributed by atoms with van der Waals surface area (Å²) in [6.07, 6.45) is 0. The Morgan fingerprint density at radius 1 is 1.56 bits per heavy atom. The normalized spacial score (nSPS) is 9.88. The maximum atomic E-state index is 11.4. The summed E-state index contributed by atoms with van der Waals surface area (Å²) in [4.78, 5) is 21.6. The Hall–Kier alpha value is -1.43. The van der Waals surface area contributed by atoms with E-state index in [1.54, 1.807) is 13.0 Å². The van der Waals surface area contributed by atoms with E-state index in [-0.39, 0.29) is 17.9 Å². The van der Waals surface area contributed by atoms with Crippen LogP contribution in [0.2, 0.25) is 0 Å². The average Bonchev–Trinajstić information content (AvgIpc) is 2.28. The predicted molar refractivity (Wildman–Crippen MR) is 61.7 cm³/mol. The molecule has 0 radical (unpaired) electrons. The Kier molecular flexibility index (Phi) is 4.42. The van der Waals surface area contributed by atoms with Crippen LogP contribution < -0.4 is 0 Å². The first-order chi connectivity index (χ1) is 7.60. The van der Waals surface area contributed by atoms with Gasteiger partial charge in [0.2, 0.25) is 0 Å². The highest BCUT2D eigenvalue weighted by atomic mass is 79.9. The second-order valence-corrected chi connectivity index (χ2v) is 3.52. The zero-order valence-electron chi connectivity index (χ0n) is 8.60. The highest BCUT2D eigenvalue weighted by molar-refractivity contribution is 9.08. The molecule has 0 heterocycles. The topological polar surface area (TPSA) is 69.4 Å². The van der Waals surface area contributed by atoms with Gasteiger partial charge in [0.1, 0.15) is 0 Å². The zero-order chi connectivity index (χ0) is 12.1. The van der Waals surface area contributed by atoms with Crippen LogP contribution in [0.4, 0.5) is 5.69 Å². The first-order valence-electron chi connectivity index (χ1n) is 4.60. The van der Waals surface area contributed by atoms with Gasteiger partial charge in [-0.3, -0.25) is 10.1 Å². The Morgan fingerprint density at radius 3 is 2.75 bits per heavy atom. The Labute approximate surface area is 101 Å². The summed E-state index contributed by atoms with van der Waals surface area (Å²) in [5.41, 5.74) is 0.638. The number of benzene rings is 1.